The van der Waals surface area contributed by atoms with Crippen LogP contribution in [0.1, 0.15) is 24.0 Å². The van der Waals surface area contributed by atoms with Gasteiger partial charge < -0.3 is 4.98 Å². The highest BCUT2D eigenvalue weighted by molar-refractivity contribution is 9.10. The third-order valence-corrected chi connectivity index (χ3v) is 5.52. The van der Waals surface area contributed by atoms with Crippen molar-refractivity contribution < 1.29 is 4.79 Å². The van der Waals surface area contributed by atoms with Gasteiger partial charge in [0.15, 0.2) is 0 Å². The summed E-state index contributed by atoms with van der Waals surface area (Å²) in [5.41, 5.74) is 2.30. The number of hydrogen-bond donors (Lipinski definition) is 1. The third-order valence-electron chi connectivity index (χ3n) is 3.28. The van der Waals surface area contributed by atoms with Crippen molar-refractivity contribution in [3.05, 3.63) is 31.9 Å². The first-order valence-corrected chi connectivity index (χ1v) is 7.97. The Bertz CT molecular complexity index is 958. The highest BCUT2D eigenvalue weighted by Crippen LogP contribution is 2.35. The lowest BCUT2D eigenvalue weighted by Gasteiger charge is -2.04. The van der Waals surface area contributed by atoms with Gasteiger partial charge in [-0.1, -0.05) is 0 Å². The van der Waals surface area contributed by atoms with E-state index >= 15 is 0 Å². The Kier molecular flexibility index (Phi) is 3.41. The van der Waals surface area contributed by atoms with Crippen molar-refractivity contribution in [3.63, 3.8) is 0 Å². The number of Topliss-reactive ketones (excluding diaryl/α,β-unsaturated/α-hetero) is 1. The number of halogens is 1. The highest BCUT2D eigenvalue weighted by Gasteiger charge is 2.17. The van der Waals surface area contributed by atoms with Crippen LogP contribution >= 0.6 is 27.3 Å². The number of carbonyl (C=O) groups excluding carboxylic acids is 1. The first-order chi connectivity index (χ1) is 9.88. The SMILES string of the molecule is CC(=O)Cc1nc2c(sc3nc(C)c(Br)c(C)c32)c(=O)[nH]1. The van der Waals surface area contributed by atoms with E-state index in [-0.39, 0.29) is 17.8 Å². The Labute approximate surface area is 132 Å². The number of fused-ring (bicyclic) bond motifs is 3. The molecule has 0 spiro atoms. The molecule has 0 aliphatic carbocycles. The molecule has 3 aromatic heterocycles. The molecule has 3 heterocycles. The molecule has 0 bridgehead atoms. The predicted molar refractivity (Wildman–Crippen MR) is 87.1 cm³/mol. The molecule has 0 unspecified atom stereocenters. The van der Waals surface area contributed by atoms with Gasteiger partial charge in [0, 0.05) is 9.86 Å². The molecule has 21 heavy (non-hydrogen) atoms. The molecule has 0 radical (unpaired) electrons. The Morgan fingerprint density at radius 1 is 1.33 bits per heavy atom. The lowest BCUT2D eigenvalue weighted by molar-refractivity contribution is -0.116. The summed E-state index contributed by atoms with van der Waals surface area (Å²) < 4.78 is 1.47. The molecule has 0 aromatic carbocycles. The number of H-pyrrole nitrogens is 1. The Balaban J connectivity index is 2.45. The number of ketones is 1. The van der Waals surface area contributed by atoms with E-state index in [9.17, 15) is 9.59 Å². The van der Waals surface area contributed by atoms with Crippen molar-refractivity contribution >= 4 is 53.5 Å². The topological polar surface area (TPSA) is 75.7 Å². The van der Waals surface area contributed by atoms with Gasteiger partial charge >= 0.3 is 0 Å². The van der Waals surface area contributed by atoms with Crippen LogP contribution in [0.15, 0.2) is 9.27 Å². The molecule has 108 valence electrons. The van der Waals surface area contributed by atoms with Crippen LogP contribution in [-0.4, -0.2) is 20.7 Å². The number of aromatic nitrogens is 3. The lowest BCUT2D eigenvalue weighted by Crippen LogP contribution is -2.12. The van der Waals surface area contributed by atoms with E-state index < -0.39 is 0 Å². The van der Waals surface area contributed by atoms with Crippen LogP contribution in [0.25, 0.3) is 20.4 Å². The summed E-state index contributed by atoms with van der Waals surface area (Å²) in [6, 6.07) is 0. The minimum atomic E-state index is -0.215. The average molecular weight is 366 g/mol. The predicted octanol–water partition coefficient (Wildman–Crippen LogP) is 3.04. The molecule has 5 nitrogen and oxygen atoms in total. The Morgan fingerprint density at radius 3 is 2.71 bits per heavy atom. The molecule has 3 rings (SSSR count). The molecular formula is C14H12BrN3O2S. The minimum absolute atomic E-state index is 0.0380. The van der Waals surface area contributed by atoms with Gasteiger partial charge in [0.05, 0.1) is 17.6 Å². The summed E-state index contributed by atoms with van der Waals surface area (Å²) >= 11 is 4.85. The van der Waals surface area contributed by atoms with E-state index in [4.69, 9.17) is 0 Å². The second-order valence-corrected chi connectivity index (χ2v) is 6.78. The van der Waals surface area contributed by atoms with E-state index in [1.165, 1.54) is 18.3 Å². The van der Waals surface area contributed by atoms with Gasteiger partial charge in [0.25, 0.3) is 5.56 Å². The van der Waals surface area contributed by atoms with E-state index in [0.717, 1.165) is 25.9 Å². The number of nitrogens with one attached hydrogen (secondary N) is 1. The van der Waals surface area contributed by atoms with E-state index in [1.54, 1.807) is 0 Å². The largest absolute Gasteiger partial charge is 0.309 e. The fraction of sp³-hybridized carbons (Fsp3) is 0.286. The van der Waals surface area contributed by atoms with Gasteiger partial charge in [-0.3, -0.25) is 9.59 Å². The van der Waals surface area contributed by atoms with Crippen LogP contribution in [0, 0.1) is 13.8 Å². The zero-order valence-electron chi connectivity index (χ0n) is 11.7. The summed E-state index contributed by atoms with van der Waals surface area (Å²) in [4.78, 5) is 35.9. The third kappa shape index (κ3) is 2.30. The maximum absolute atomic E-state index is 12.2. The second kappa shape index (κ2) is 4.99. The minimum Gasteiger partial charge on any atom is -0.309 e. The number of thiophene rings is 1. The summed E-state index contributed by atoms with van der Waals surface area (Å²) in [6.07, 6.45) is 0.127. The fourth-order valence-electron chi connectivity index (χ4n) is 2.34. The molecule has 0 saturated heterocycles. The van der Waals surface area contributed by atoms with Crippen LogP contribution in [0.4, 0.5) is 0 Å². The first-order valence-electron chi connectivity index (χ1n) is 6.36. The van der Waals surface area contributed by atoms with Gasteiger partial charge in [0.2, 0.25) is 0 Å². The smallest absolute Gasteiger partial charge is 0.268 e. The number of aromatic amines is 1. The molecule has 0 saturated carbocycles. The molecule has 0 fully saturated rings. The summed E-state index contributed by atoms with van der Waals surface area (Å²) in [6.45, 7) is 5.36. The standard InChI is InChI=1S/C14H12BrN3O2S/c1-5(19)4-8-17-11-9-6(2)10(15)7(3)16-14(9)21-12(11)13(20)18-8/h4H2,1-3H3,(H,17,18,20). The van der Waals surface area contributed by atoms with E-state index in [0.29, 0.717) is 16.0 Å². The Morgan fingerprint density at radius 2 is 2.05 bits per heavy atom. The number of hydrogen-bond acceptors (Lipinski definition) is 5. The molecule has 7 heteroatoms. The van der Waals surface area contributed by atoms with E-state index in [2.05, 4.69) is 30.9 Å². The van der Waals surface area contributed by atoms with Crippen LogP contribution < -0.4 is 5.56 Å². The molecular weight excluding hydrogens is 354 g/mol. The average Bonchev–Trinajstić information content (AvgIpc) is 2.74. The zero-order chi connectivity index (χ0) is 15.3. The first kappa shape index (κ1) is 14.3. The van der Waals surface area contributed by atoms with Gasteiger partial charge in [-0.2, -0.15) is 0 Å². The maximum Gasteiger partial charge on any atom is 0.268 e. The van der Waals surface area contributed by atoms with Crippen molar-refractivity contribution in [2.75, 3.05) is 0 Å². The van der Waals surface area contributed by atoms with Crippen molar-refractivity contribution in [3.8, 4) is 0 Å². The van der Waals surface area contributed by atoms with Gasteiger partial charge in [-0.05, 0) is 42.3 Å². The summed E-state index contributed by atoms with van der Waals surface area (Å²) in [7, 11) is 0. The molecule has 3 aromatic rings. The molecule has 0 aliphatic heterocycles. The monoisotopic (exact) mass is 365 g/mol. The van der Waals surface area contributed by atoms with Crippen LogP contribution in [0.5, 0.6) is 0 Å². The van der Waals surface area contributed by atoms with Crippen molar-refractivity contribution in [2.24, 2.45) is 0 Å². The van der Waals surface area contributed by atoms with Crippen molar-refractivity contribution in [1.82, 2.24) is 15.0 Å². The van der Waals surface area contributed by atoms with Gasteiger partial charge in [0.1, 0.15) is 21.1 Å². The van der Waals surface area contributed by atoms with Crippen LogP contribution in [0.3, 0.4) is 0 Å². The Hall–Kier alpha value is -1.60. The van der Waals surface area contributed by atoms with Gasteiger partial charge in [-0.15, -0.1) is 11.3 Å². The highest BCUT2D eigenvalue weighted by atomic mass is 79.9. The maximum atomic E-state index is 12.2. The van der Waals surface area contributed by atoms with E-state index in [1.807, 2.05) is 13.8 Å². The fourth-order valence-corrected chi connectivity index (χ4v) is 3.74. The number of nitrogens with zero attached hydrogens (tertiary/aromatic N) is 2. The number of pyridine rings is 1. The lowest BCUT2D eigenvalue weighted by atomic mass is 10.1. The van der Waals surface area contributed by atoms with Gasteiger partial charge in [-0.25, -0.2) is 9.97 Å². The van der Waals surface area contributed by atoms with Crippen molar-refractivity contribution in [2.45, 2.75) is 27.2 Å². The van der Waals surface area contributed by atoms with Crippen molar-refractivity contribution in [1.29, 1.82) is 0 Å². The summed E-state index contributed by atoms with van der Waals surface area (Å²) in [5.74, 6) is 0.361. The molecule has 1 N–H and O–H groups in total. The normalized spacial score (nSPS) is 11.4. The zero-order valence-corrected chi connectivity index (χ0v) is 14.1. The quantitative estimate of drug-likeness (QED) is 0.757. The molecule has 0 atom stereocenters. The summed E-state index contributed by atoms with van der Waals surface area (Å²) in [5, 5.41) is 0.878. The van der Waals surface area contributed by atoms with Crippen LogP contribution in [-0.2, 0) is 11.2 Å². The number of carbonyl (C=O) groups is 1. The molecule has 0 amide bonds. The second-order valence-electron chi connectivity index (χ2n) is 4.99. The number of aryl methyl sites for hydroxylation is 2. The number of rotatable bonds is 2. The van der Waals surface area contributed by atoms with Crippen LogP contribution in [0.2, 0.25) is 0 Å². The molecule has 0 aliphatic rings.